The molecule has 0 radical (unpaired) electrons. The number of hydrogen-bond donors (Lipinski definition) is 0. The normalized spacial score (nSPS) is 13.3. The average Bonchev–Trinajstić information content (AvgIpc) is 2.83. The van der Waals surface area contributed by atoms with Crippen molar-refractivity contribution in [3.63, 3.8) is 0 Å². The van der Waals surface area contributed by atoms with Crippen LogP contribution in [0.4, 0.5) is 0 Å². The minimum Gasteiger partial charge on any atom is -0.463 e. The highest BCUT2D eigenvalue weighted by molar-refractivity contribution is 6.91. The Labute approximate surface area is 204 Å². The lowest BCUT2D eigenvalue weighted by Crippen LogP contribution is -2.48. The Kier molecular flexibility index (Phi) is 15.0. The Morgan fingerprint density at radius 2 is 1.00 bits per heavy atom. The topological polar surface area (TPSA) is 78.9 Å². The van der Waals surface area contributed by atoms with Gasteiger partial charge >= 0.3 is 17.9 Å². The zero-order chi connectivity index (χ0) is 25.1. The summed E-state index contributed by atoms with van der Waals surface area (Å²) in [4.78, 5) is 35.1. The number of benzene rings is 1. The van der Waals surface area contributed by atoms with E-state index in [1.165, 1.54) is 23.4 Å². The third-order valence-electron chi connectivity index (χ3n) is 5.43. The van der Waals surface area contributed by atoms with Crippen LogP contribution in [0.1, 0.15) is 40.0 Å². The minimum atomic E-state index is -2.07. The van der Waals surface area contributed by atoms with Gasteiger partial charge < -0.3 is 14.2 Å². The van der Waals surface area contributed by atoms with E-state index in [-0.39, 0.29) is 17.9 Å². The summed E-state index contributed by atoms with van der Waals surface area (Å²) in [6, 6.07) is 13.2. The standard InChI is InChI=1S/C27H38O6Si/c1-4-13-25(28)31-18-10-21-34(24-16-8-7-9-17-24,22-11-19-32-26(29)14-5-2)23-12-20-33-27(30)15-6-3/h4-9,13-17H,10-12,18-23H2,1-3H3. The zero-order valence-electron chi connectivity index (χ0n) is 20.7. The van der Waals surface area contributed by atoms with E-state index in [1.807, 2.05) is 18.2 Å². The van der Waals surface area contributed by atoms with Gasteiger partial charge in [0.1, 0.15) is 0 Å². The van der Waals surface area contributed by atoms with Crippen LogP contribution < -0.4 is 5.19 Å². The predicted molar refractivity (Wildman–Crippen MR) is 137 cm³/mol. The van der Waals surface area contributed by atoms with Gasteiger partial charge in [-0.1, -0.05) is 53.7 Å². The molecule has 6 nitrogen and oxygen atoms in total. The van der Waals surface area contributed by atoms with Gasteiger partial charge in [-0.15, -0.1) is 0 Å². The maximum Gasteiger partial charge on any atom is 0.330 e. The molecule has 0 unspecified atom stereocenters. The van der Waals surface area contributed by atoms with E-state index < -0.39 is 8.07 Å². The maximum absolute atomic E-state index is 11.7. The van der Waals surface area contributed by atoms with Gasteiger partial charge in [-0.2, -0.15) is 0 Å². The molecule has 0 fully saturated rings. The second-order valence-electron chi connectivity index (χ2n) is 7.96. The van der Waals surface area contributed by atoms with Gasteiger partial charge in [-0.3, -0.25) is 0 Å². The molecule has 0 bridgehead atoms. The van der Waals surface area contributed by atoms with E-state index in [0.29, 0.717) is 19.8 Å². The molecule has 7 heteroatoms. The Morgan fingerprint density at radius 1 is 0.647 bits per heavy atom. The molecule has 0 atom stereocenters. The highest BCUT2D eigenvalue weighted by atomic mass is 28.3. The lowest BCUT2D eigenvalue weighted by atomic mass is 10.4. The Balaban J connectivity index is 2.92. The van der Waals surface area contributed by atoms with E-state index in [0.717, 1.165) is 37.4 Å². The van der Waals surface area contributed by atoms with E-state index in [4.69, 9.17) is 14.2 Å². The van der Waals surface area contributed by atoms with Crippen molar-refractivity contribution in [2.24, 2.45) is 0 Å². The van der Waals surface area contributed by atoms with Crippen LogP contribution in [0.3, 0.4) is 0 Å². The van der Waals surface area contributed by atoms with Crippen LogP contribution in [0.25, 0.3) is 0 Å². The summed E-state index contributed by atoms with van der Waals surface area (Å²) in [7, 11) is -2.07. The van der Waals surface area contributed by atoms with Crippen LogP contribution >= 0.6 is 0 Å². The third kappa shape index (κ3) is 11.8. The lowest BCUT2D eigenvalue weighted by Gasteiger charge is -2.33. The van der Waals surface area contributed by atoms with Crippen molar-refractivity contribution in [2.75, 3.05) is 19.8 Å². The fraction of sp³-hybridized carbons (Fsp3) is 0.444. The van der Waals surface area contributed by atoms with Crippen molar-refractivity contribution in [1.82, 2.24) is 0 Å². The molecular weight excluding hydrogens is 448 g/mol. The molecule has 0 heterocycles. The fourth-order valence-electron chi connectivity index (χ4n) is 3.90. The highest BCUT2D eigenvalue weighted by Gasteiger charge is 2.34. The molecule has 1 rings (SSSR count). The molecule has 1 aromatic carbocycles. The molecule has 186 valence electrons. The van der Waals surface area contributed by atoms with Gasteiger partial charge in [0.05, 0.1) is 27.9 Å². The molecule has 0 saturated heterocycles. The van der Waals surface area contributed by atoms with Gasteiger partial charge in [-0.25, -0.2) is 14.4 Å². The highest BCUT2D eigenvalue weighted by Crippen LogP contribution is 2.27. The molecule has 0 aliphatic rings. The molecular formula is C27H38O6Si. The second-order valence-corrected chi connectivity index (χ2v) is 12.6. The molecule has 0 saturated carbocycles. The average molecular weight is 487 g/mol. The maximum atomic E-state index is 11.7. The van der Waals surface area contributed by atoms with Crippen LogP contribution in [0, 0.1) is 0 Å². The smallest absolute Gasteiger partial charge is 0.330 e. The quantitative estimate of drug-likeness (QED) is 0.109. The lowest BCUT2D eigenvalue weighted by molar-refractivity contribution is -0.138. The summed E-state index contributed by atoms with van der Waals surface area (Å²) in [5, 5.41) is 1.31. The molecule has 0 aromatic heterocycles. The minimum absolute atomic E-state index is 0.332. The van der Waals surface area contributed by atoms with Crippen LogP contribution in [-0.4, -0.2) is 45.8 Å². The number of ether oxygens (including phenoxy) is 3. The van der Waals surface area contributed by atoms with Gasteiger partial charge in [-0.05, 0) is 58.2 Å². The molecule has 0 amide bonds. The van der Waals surface area contributed by atoms with Crippen molar-refractivity contribution >= 4 is 31.2 Å². The molecule has 0 aliphatic heterocycles. The van der Waals surface area contributed by atoms with Gasteiger partial charge in [0.2, 0.25) is 0 Å². The monoisotopic (exact) mass is 486 g/mol. The first-order chi connectivity index (χ1) is 16.5. The first-order valence-corrected chi connectivity index (χ1v) is 14.5. The summed E-state index contributed by atoms with van der Waals surface area (Å²) in [6.07, 6.45) is 11.5. The Bertz CT molecular complexity index is 750. The van der Waals surface area contributed by atoms with E-state index in [2.05, 4.69) is 12.1 Å². The van der Waals surface area contributed by atoms with E-state index >= 15 is 0 Å². The van der Waals surface area contributed by atoms with Gasteiger partial charge in [0.25, 0.3) is 0 Å². The van der Waals surface area contributed by atoms with Gasteiger partial charge in [0, 0.05) is 18.2 Å². The predicted octanol–water partition coefficient (Wildman–Crippen LogP) is 4.87. The summed E-state index contributed by atoms with van der Waals surface area (Å²) < 4.78 is 16.0. The molecule has 0 N–H and O–H groups in total. The van der Waals surface area contributed by atoms with E-state index in [1.54, 1.807) is 39.0 Å². The number of carbonyl (C=O) groups is 3. The number of allylic oxidation sites excluding steroid dienone is 3. The Morgan fingerprint density at radius 3 is 1.32 bits per heavy atom. The summed E-state index contributed by atoms with van der Waals surface area (Å²) in [6.45, 7) is 6.41. The SMILES string of the molecule is CC=CC(=O)OCCC[Si](CCCOC(=O)C=CC)(CCCOC(=O)C=CC)c1ccccc1. The number of rotatable bonds is 16. The molecule has 1 aromatic rings. The summed E-state index contributed by atoms with van der Waals surface area (Å²) in [5.41, 5.74) is 0. The van der Waals surface area contributed by atoms with Crippen molar-refractivity contribution in [3.05, 3.63) is 66.8 Å². The Hall–Kier alpha value is -2.93. The molecule has 0 spiro atoms. The van der Waals surface area contributed by atoms with E-state index in [9.17, 15) is 14.4 Å². The van der Waals surface area contributed by atoms with Crippen molar-refractivity contribution in [3.8, 4) is 0 Å². The first kappa shape index (κ1) is 29.1. The number of esters is 3. The largest absolute Gasteiger partial charge is 0.463 e. The summed E-state index contributed by atoms with van der Waals surface area (Å²) in [5.74, 6) is -0.996. The number of hydrogen-bond acceptors (Lipinski definition) is 6. The third-order valence-corrected chi connectivity index (χ3v) is 10.9. The summed E-state index contributed by atoms with van der Waals surface area (Å²) >= 11 is 0. The molecule has 0 aliphatic carbocycles. The fourth-order valence-corrected chi connectivity index (χ4v) is 8.88. The van der Waals surface area contributed by atoms with Crippen LogP contribution in [-0.2, 0) is 28.6 Å². The van der Waals surface area contributed by atoms with Crippen molar-refractivity contribution < 1.29 is 28.6 Å². The molecule has 34 heavy (non-hydrogen) atoms. The van der Waals surface area contributed by atoms with Crippen LogP contribution in [0.2, 0.25) is 18.1 Å². The second kappa shape index (κ2) is 17.5. The zero-order valence-corrected chi connectivity index (χ0v) is 21.7. The van der Waals surface area contributed by atoms with Crippen molar-refractivity contribution in [2.45, 2.75) is 58.2 Å². The first-order valence-electron chi connectivity index (χ1n) is 11.9. The van der Waals surface area contributed by atoms with Crippen LogP contribution in [0.5, 0.6) is 0 Å². The number of carbonyl (C=O) groups excluding carboxylic acids is 3. The van der Waals surface area contributed by atoms with Crippen LogP contribution in [0.15, 0.2) is 66.8 Å². The van der Waals surface area contributed by atoms with Crippen molar-refractivity contribution in [1.29, 1.82) is 0 Å². The van der Waals surface area contributed by atoms with Gasteiger partial charge in [0.15, 0.2) is 0 Å².